The van der Waals surface area contributed by atoms with Gasteiger partial charge in [-0.05, 0) is 65.7 Å². The molecule has 4 aliphatic rings. The Bertz CT molecular complexity index is 671. The molecule has 0 N–H and O–H groups in total. The average Bonchev–Trinajstić information content (AvgIpc) is 3.21. The normalized spacial score (nSPS) is 38.2. The van der Waals surface area contributed by atoms with Crippen LogP contribution in [0.5, 0.6) is 0 Å². The van der Waals surface area contributed by atoms with E-state index in [2.05, 4.69) is 0 Å². The summed E-state index contributed by atoms with van der Waals surface area (Å²) in [6, 6.07) is 0. The summed E-state index contributed by atoms with van der Waals surface area (Å²) in [4.78, 5) is 37.8. The van der Waals surface area contributed by atoms with Crippen LogP contribution in [0.15, 0.2) is 0 Å². The van der Waals surface area contributed by atoms with Crippen molar-refractivity contribution in [2.75, 3.05) is 6.61 Å². The Morgan fingerprint density at radius 3 is 2.46 bits per heavy atom. The van der Waals surface area contributed by atoms with Crippen LogP contribution < -0.4 is 0 Å². The Morgan fingerprint density at radius 1 is 1.14 bits per heavy atom. The van der Waals surface area contributed by atoms with Crippen molar-refractivity contribution in [3.05, 3.63) is 0 Å². The summed E-state index contributed by atoms with van der Waals surface area (Å²) in [5, 5.41) is 0. The highest BCUT2D eigenvalue weighted by atomic mass is 16.6. The van der Waals surface area contributed by atoms with Crippen molar-refractivity contribution in [3.8, 4) is 0 Å². The van der Waals surface area contributed by atoms with Gasteiger partial charge in [0.05, 0.1) is 23.9 Å². The van der Waals surface area contributed by atoms with Crippen molar-refractivity contribution in [3.63, 3.8) is 0 Å². The van der Waals surface area contributed by atoms with Crippen LogP contribution in [-0.2, 0) is 28.6 Å². The first-order chi connectivity index (χ1) is 13.1. The Balaban J connectivity index is 1.48. The maximum absolute atomic E-state index is 13.1. The largest absolute Gasteiger partial charge is 0.465 e. The fraction of sp³-hybridized carbons (Fsp3) is 0.864. The smallest absolute Gasteiger partial charge is 0.311 e. The van der Waals surface area contributed by atoms with E-state index in [0.717, 1.165) is 32.1 Å². The van der Waals surface area contributed by atoms with Crippen molar-refractivity contribution in [2.45, 2.75) is 77.9 Å². The monoisotopic (exact) mass is 392 g/mol. The van der Waals surface area contributed by atoms with Crippen molar-refractivity contribution in [1.82, 2.24) is 0 Å². The average molecular weight is 392 g/mol. The van der Waals surface area contributed by atoms with Gasteiger partial charge in [0.2, 0.25) is 0 Å². The number of esters is 3. The topological polar surface area (TPSA) is 78.9 Å². The highest BCUT2D eigenvalue weighted by Gasteiger charge is 2.69. The summed E-state index contributed by atoms with van der Waals surface area (Å²) in [5.41, 5.74) is -1.01. The number of carbonyl (C=O) groups excluding carboxylic acids is 3. The molecular weight excluding hydrogens is 360 g/mol. The molecule has 6 nitrogen and oxygen atoms in total. The molecule has 4 fully saturated rings. The molecule has 1 aliphatic heterocycles. The number of hydrogen-bond donors (Lipinski definition) is 0. The van der Waals surface area contributed by atoms with Crippen molar-refractivity contribution in [2.24, 2.45) is 35.0 Å². The lowest BCUT2D eigenvalue weighted by Crippen LogP contribution is -2.44. The van der Waals surface area contributed by atoms with Gasteiger partial charge in [-0.25, -0.2) is 0 Å². The van der Waals surface area contributed by atoms with Crippen molar-refractivity contribution in [1.29, 1.82) is 0 Å². The Labute approximate surface area is 166 Å². The lowest BCUT2D eigenvalue weighted by atomic mass is 9.74. The van der Waals surface area contributed by atoms with E-state index < -0.39 is 16.9 Å². The van der Waals surface area contributed by atoms with Crippen LogP contribution in [0.4, 0.5) is 0 Å². The first-order valence-corrected chi connectivity index (χ1v) is 10.7. The molecule has 1 heterocycles. The van der Waals surface area contributed by atoms with Gasteiger partial charge in [0, 0.05) is 11.8 Å². The molecule has 0 aromatic rings. The molecule has 3 saturated carbocycles. The standard InChI is InChI=1S/C22H32O6/c1-21(2,3)20(25)26-11-14-12-10-13-16(18(23)27-17(13)14)15(12)19(24)28-22(4)8-6-5-7-9-22/h12-17H,5-11H2,1-4H3. The van der Waals surface area contributed by atoms with Gasteiger partial charge in [-0.1, -0.05) is 6.42 Å². The molecule has 0 aromatic carbocycles. The second kappa shape index (κ2) is 6.74. The van der Waals surface area contributed by atoms with Gasteiger partial charge >= 0.3 is 17.9 Å². The van der Waals surface area contributed by atoms with E-state index in [1.165, 1.54) is 6.42 Å². The third-order valence-electron chi connectivity index (χ3n) is 7.32. The molecule has 156 valence electrons. The molecule has 1 saturated heterocycles. The van der Waals surface area contributed by atoms with Gasteiger partial charge in [0.25, 0.3) is 0 Å². The fourth-order valence-corrected chi connectivity index (χ4v) is 5.83. The third kappa shape index (κ3) is 3.22. The molecule has 4 rings (SSSR count). The van der Waals surface area contributed by atoms with Gasteiger partial charge in [0.1, 0.15) is 11.7 Å². The maximum atomic E-state index is 13.1. The number of hydrogen-bond acceptors (Lipinski definition) is 6. The molecule has 6 heteroatoms. The summed E-state index contributed by atoms with van der Waals surface area (Å²) < 4.78 is 17.2. The first-order valence-electron chi connectivity index (χ1n) is 10.7. The second-order valence-corrected chi connectivity index (χ2v) is 10.5. The minimum atomic E-state index is -0.583. The van der Waals surface area contributed by atoms with Crippen LogP contribution in [0.1, 0.15) is 66.2 Å². The van der Waals surface area contributed by atoms with Gasteiger partial charge in [-0.3, -0.25) is 14.4 Å². The van der Waals surface area contributed by atoms with E-state index in [9.17, 15) is 14.4 Å². The van der Waals surface area contributed by atoms with E-state index in [-0.39, 0.29) is 54.3 Å². The zero-order valence-electron chi connectivity index (χ0n) is 17.4. The Hall–Kier alpha value is -1.59. The summed E-state index contributed by atoms with van der Waals surface area (Å²) in [7, 11) is 0. The van der Waals surface area contributed by atoms with E-state index in [4.69, 9.17) is 14.2 Å². The quantitative estimate of drug-likeness (QED) is 0.540. The lowest BCUT2D eigenvalue weighted by Gasteiger charge is -2.37. The van der Waals surface area contributed by atoms with E-state index >= 15 is 0 Å². The Morgan fingerprint density at radius 2 is 1.82 bits per heavy atom. The molecule has 6 atom stereocenters. The van der Waals surface area contributed by atoms with Crippen LogP contribution in [0.2, 0.25) is 0 Å². The summed E-state index contributed by atoms with van der Waals surface area (Å²) >= 11 is 0. The molecule has 3 aliphatic carbocycles. The van der Waals surface area contributed by atoms with E-state index in [1.54, 1.807) is 0 Å². The summed E-state index contributed by atoms with van der Waals surface area (Å²) in [6.07, 6.45) is 5.62. The third-order valence-corrected chi connectivity index (χ3v) is 7.32. The number of carbonyl (C=O) groups is 3. The molecule has 0 radical (unpaired) electrons. The lowest BCUT2D eigenvalue weighted by molar-refractivity contribution is -0.172. The Kier molecular flexibility index (Phi) is 4.74. The van der Waals surface area contributed by atoms with E-state index in [0.29, 0.717) is 0 Å². The number of rotatable bonds is 4. The minimum absolute atomic E-state index is 0.0149. The van der Waals surface area contributed by atoms with Crippen LogP contribution in [0, 0.1) is 35.0 Å². The van der Waals surface area contributed by atoms with Gasteiger partial charge in [0.15, 0.2) is 0 Å². The highest BCUT2D eigenvalue weighted by molar-refractivity contribution is 5.86. The predicted molar refractivity (Wildman–Crippen MR) is 99.9 cm³/mol. The molecule has 28 heavy (non-hydrogen) atoms. The number of fused-ring (bicyclic) bond motifs is 1. The number of ether oxygens (including phenoxy) is 3. The molecule has 6 unspecified atom stereocenters. The second-order valence-electron chi connectivity index (χ2n) is 10.5. The zero-order valence-corrected chi connectivity index (χ0v) is 17.4. The highest BCUT2D eigenvalue weighted by Crippen LogP contribution is 2.61. The summed E-state index contributed by atoms with van der Waals surface area (Å²) in [5.74, 6) is -1.74. The van der Waals surface area contributed by atoms with Crippen LogP contribution in [0.25, 0.3) is 0 Å². The zero-order chi connectivity index (χ0) is 20.3. The molecule has 0 aromatic heterocycles. The van der Waals surface area contributed by atoms with Crippen LogP contribution >= 0.6 is 0 Å². The molecule has 2 bridgehead atoms. The van der Waals surface area contributed by atoms with Crippen molar-refractivity contribution >= 4 is 17.9 Å². The van der Waals surface area contributed by atoms with Gasteiger partial charge in [-0.15, -0.1) is 0 Å². The van der Waals surface area contributed by atoms with Crippen LogP contribution in [-0.4, -0.2) is 36.2 Å². The molecule has 0 spiro atoms. The minimum Gasteiger partial charge on any atom is -0.465 e. The van der Waals surface area contributed by atoms with E-state index in [1.807, 2.05) is 27.7 Å². The summed E-state index contributed by atoms with van der Waals surface area (Å²) in [6.45, 7) is 7.64. The van der Waals surface area contributed by atoms with Gasteiger partial charge in [-0.2, -0.15) is 0 Å². The fourth-order valence-electron chi connectivity index (χ4n) is 5.83. The first kappa shape index (κ1) is 19.7. The molecule has 0 amide bonds. The van der Waals surface area contributed by atoms with Crippen LogP contribution in [0.3, 0.4) is 0 Å². The SMILES string of the molecule is CC1(OC(=O)C2C3CC4C(OC(=O)C42)C3COC(=O)C(C)(C)C)CCCCC1. The maximum Gasteiger partial charge on any atom is 0.311 e. The van der Waals surface area contributed by atoms with Crippen molar-refractivity contribution < 1.29 is 28.6 Å². The predicted octanol–water partition coefficient (Wildman–Crippen LogP) is 3.27. The molecular formula is C22H32O6. The van der Waals surface area contributed by atoms with Gasteiger partial charge < -0.3 is 14.2 Å².